The van der Waals surface area contributed by atoms with Crippen molar-refractivity contribution in [3.05, 3.63) is 77.1 Å². The van der Waals surface area contributed by atoms with Crippen molar-refractivity contribution in [1.82, 2.24) is 29.7 Å². The molecule has 0 saturated carbocycles. The summed E-state index contributed by atoms with van der Waals surface area (Å²) in [5, 5.41) is 3.43. The van der Waals surface area contributed by atoms with E-state index in [-0.39, 0.29) is 12.1 Å². The molecule has 0 aliphatic carbocycles. The van der Waals surface area contributed by atoms with E-state index >= 15 is 0 Å². The van der Waals surface area contributed by atoms with Gasteiger partial charge in [0.2, 0.25) is 0 Å². The zero-order valence-corrected chi connectivity index (χ0v) is 19.8. The standard InChI is InChI=1S/C29H26N6O/c1-3-6-17-7-4-8-20-26(17)24-14-25(34(2)29(20)36)28-33-21-11-10-18(13-23(21)35(24)28)19-15-31-27(32-16-19)22-9-5-12-30-22/h4,7-8,10-11,13,15-16,22,24-25,30H,5,9,12,14H2,1-2H3/t22?,24-,25-/m1/s1/i2D3. The van der Waals surface area contributed by atoms with E-state index in [0.717, 1.165) is 63.4 Å². The molecule has 2 bridgehead atoms. The fourth-order valence-electron chi connectivity index (χ4n) is 5.94. The first-order valence-corrected chi connectivity index (χ1v) is 12.3. The Morgan fingerprint density at radius 3 is 2.81 bits per heavy atom. The molecule has 2 aromatic heterocycles. The van der Waals surface area contributed by atoms with Gasteiger partial charge in [0.15, 0.2) is 0 Å². The number of nitrogens with one attached hydrogen (secondary N) is 1. The molecular formula is C29H26N6O. The molecule has 3 aliphatic heterocycles. The maximum absolute atomic E-state index is 13.7. The maximum atomic E-state index is 13.7. The van der Waals surface area contributed by atoms with Crippen LogP contribution >= 0.6 is 0 Å². The third kappa shape index (κ3) is 3.04. The first-order valence-electron chi connectivity index (χ1n) is 13.8. The molecule has 2 aromatic carbocycles. The van der Waals surface area contributed by atoms with E-state index < -0.39 is 18.9 Å². The number of hydrogen-bond donors (Lipinski definition) is 1. The molecular weight excluding hydrogens is 448 g/mol. The van der Waals surface area contributed by atoms with Crippen LogP contribution in [0.2, 0.25) is 0 Å². The smallest absolute Gasteiger partial charge is 0.254 e. The number of aromatic nitrogens is 4. The second-order valence-electron chi connectivity index (χ2n) is 9.61. The SMILES string of the molecule is [2H]C([2H])([2H])N1C(=O)c2cccc(C#CC)c2[C@H]2C[C@@H]1c1nc3ccc(-c4cnc(C5CCCN5)nc4)cc3n12. The average molecular weight is 478 g/mol. The number of carbonyl (C=O) groups excluding carboxylic acids is 1. The molecule has 178 valence electrons. The Morgan fingerprint density at radius 1 is 1.14 bits per heavy atom. The van der Waals surface area contributed by atoms with Crippen molar-refractivity contribution in [3.63, 3.8) is 0 Å². The molecule has 5 heterocycles. The first kappa shape index (κ1) is 18.3. The summed E-state index contributed by atoms with van der Waals surface area (Å²) in [6.07, 6.45) is 6.30. The van der Waals surface area contributed by atoms with Crippen LogP contribution in [-0.4, -0.2) is 43.8 Å². The van der Waals surface area contributed by atoms with Crippen LogP contribution in [0.25, 0.3) is 22.2 Å². The van der Waals surface area contributed by atoms with E-state index in [1.165, 1.54) is 0 Å². The van der Waals surface area contributed by atoms with Crippen LogP contribution in [-0.2, 0) is 0 Å². The fourth-order valence-corrected chi connectivity index (χ4v) is 5.94. The molecule has 3 aliphatic rings. The van der Waals surface area contributed by atoms with Crippen LogP contribution in [0.1, 0.15) is 81.6 Å². The highest BCUT2D eigenvalue weighted by Crippen LogP contribution is 2.48. The van der Waals surface area contributed by atoms with Crippen LogP contribution in [0.4, 0.5) is 0 Å². The van der Waals surface area contributed by atoms with Gasteiger partial charge in [0, 0.05) is 52.2 Å². The quantitative estimate of drug-likeness (QED) is 0.433. The van der Waals surface area contributed by atoms with Gasteiger partial charge in [0.25, 0.3) is 5.91 Å². The van der Waals surface area contributed by atoms with Crippen molar-refractivity contribution >= 4 is 16.9 Å². The van der Waals surface area contributed by atoms with Gasteiger partial charge in [-0.15, -0.1) is 5.92 Å². The summed E-state index contributed by atoms with van der Waals surface area (Å²) in [5.74, 6) is 6.97. The Bertz CT molecular complexity index is 1690. The lowest BCUT2D eigenvalue weighted by atomic mass is 9.93. The predicted octanol–water partition coefficient (Wildman–Crippen LogP) is 4.41. The highest BCUT2D eigenvalue weighted by atomic mass is 16.2. The van der Waals surface area contributed by atoms with E-state index in [1.54, 1.807) is 19.1 Å². The van der Waals surface area contributed by atoms with Crippen LogP contribution in [0, 0.1) is 11.8 Å². The first-order chi connectivity index (χ1) is 18.8. The van der Waals surface area contributed by atoms with E-state index in [9.17, 15) is 4.79 Å². The van der Waals surface area contributed by atoms with Gasteiger partial charge in [0.05, 0.1) is 29.2 Å². The monoisotopic (exact) mass is 477 g/mol. The van der Waals surface area contributed by atoms with E-state index in [0.29, 0.717) is 17.8 Å². The van der Waals surface area contributed by atoms with E-state index in [2.05, 4.69) is 37.8 Å². The molecule has 36 heavy (non-hydrogen) atoms. The highest BCUT2D eigenvalue weighted by Gasteiger charge is 2.44. The minimum absolute atomic E-state index is 0.201. The summed E-state index contributed by atoms with van der Waals surface area (Å²) in [6, 6.07) is 10.6. The molecule has 7 heteroatoms. The van der Waals surface area contributed by atoms with Crippen LogP contribution in [0.3, 0.4) is 0 Å². The van der Waals surface area contributed by atoms with Crippen molar-refractivity contribution in [2.24, 2.45) is 0 Å². The highest BCUT2D eigenvalue weighted by molar-refractivity contribution is 5.98. The number of benzene rings is 2. The van der Waals surface area contributed by atoms with Crippen LogP contribution in [0.5, 0.6) is 0 Å². The number of fused-ring (bicyclic) bond motifs is 9. The molecule has 1 unspecified atom stereocenters. The van der Waals surface area contributed by atoms with Gasteiger partial charge in [-0.2, -0.15) is 0 Å². The third-order valence-electron chi connectivity index (χ3n) is 7.61. The van der Waals surface area contributed by atoms with Crippen molar-refractivity contribution in [1.29, 1.82) is 0 Å². The van der Waals surface area contributed by atoms with Gasteiger partial charge in [-0.25, -0.2) is 15.0 Å². The summed E-state index contributed by atoms with van der Waals surface area (Å²) in [4.78, 5) is 28.8. The van der Waals surface area contributed by atoms with E-state index in [4.69, 9.17) is 9.10 Å². The maximum Gasteiger partial charge on any atom is 0.254 e. The zero-order valence-electron chi connectivity index (χ0n) is 22.8. The Morgan fingerprint density at radius 2 is 2.03 bits per heavy atom. The normalized spacial score (nSPS) is 23.8. The lowest BCUT2D eigenvalue weighted by Crippen LogP contribution is -2.30. The molecule has 1 saturated heterocycles. The summed E-state index contributed by atoms with van der Waals surface area (Å²) in [7, 11) is 0. The molecule has 0 radical (unpaired) electrons. The van der Waals surface area contributed by atoms with Gasteiger partial charge < -0.3 is 14.8 Å². The Kier molecular flexibility index (Phi) is 4.06. The molecule has 0 spiro atoms. The lowest BCUT2D eigenvalue weighted by molar-refractivity contribution is 0.0734. The molecule has 7 rings (SSSR count). The lowest BCUT2D eigenvalue weighted by Gasteiger charge is -2.24. The molecule has 4 aromatic rings. The van der Waals surface area contributed by atoms with Gasteiger partial charge in [-0.1, -0.05) is 18.1 Å². The van der Waals surface area contributed by atoms with Crippen molar-refractivity contribution in [3.8, 4) is 23.0 Å². The third-order valence-corrected chi connectivity index (χ3v) is 7.61. The van der Waals surface area contributed by atoms with Crippen molar-refractivity contribution < 1.29 is 8.91 Å². The van der Waals surface area contributed by atoms with Crippen molar-refractivity contribution in [2.45, 2.75) is 44.3 Å². The zero-order chi connectivity index (χ0) is 26.9. The minimum atomic E-state index is -2.62. The number of nitrogens with zero attached hydrogens (tertiary/aromatic N) is 5. The molecule has 7 nitrogen and oxygen atoms in total. The van der Waals surface area contributed by atoms with Gasteiger partial charge in [-0.05, 0) is 56.1 Å². The molecule has 3 atom stereocenters. The Hall–Kier alpha value is -4.02. The number of hydrogen-bond acceptors (Lipinski definition) is 5. The topological polar surface area (TPSA) is 75.9 Å². The van der Waals surface area contributed by atoms with E-state index in [1.807, 2.05) is 30.6 Å². The molecule has 1 fully saturated rings. The number of rotatable bonds is 2. The largest absolute Gasteiger partial charge is 0.331 e. The summed E-state index contributed by atoms with van der Waals surface area (Å²) in [5.41, 5.74) is 5.33. The fraction of sp³-hybridized carbons (Fsp3) is 0.310. The second kappa shape index (κ2) is 8.00. The summed E-state index contributed by atoms with van der Waals surface area (Å²) < 4.78 is 26.8. The van der Waals surface area contributed by atoms with Gasteiger partial charge >= 0.3 is 0 Å². The van der Waals surface area contributed by atoms with Crippen LogP contribution in [0.15, 0.2) is 48.8 Å². The molecule has 1 N–H and O–H groups in total. The summed E-state index contributed by atoms with van der Waals surface area (Å²) in [6.45, 7) is 0.122. The van der Waals surface area contributed by atoms with Crippen LogP contribution < -0.4 is 5.32 Å². The molecule has 1 amide bonds. The summed E-state index contributed by atoms with van der Waals surface area (Å²) >= 11 is 0. The van der Waals surface area contributed by atoms with Gasteiger partial charge in [0.1, 0.15) is 11.6 Å². The van der Waals surface area contributed by atoms with Crippen molar-refractivity contribution in [2.75, 3.05) is 13.5 Å². The second-order valence-corrected chi connectivity index (χ2v) is 9.61. The number of imidazole rings is 1. The number of amides is 1. The average Bonchev–Trinajstić information content (AvgIpc) is 3.63. The number of carbonyl (C=O) groups is 1. The Labute approximate surface area is 213 Å². The minimum Gasteiger partial charge on any atom is -0.331 e. The Balaban J connectivity index is 1.40. The predicted molar refractivity (Wildman–Crippen MR) is 137 cm³/mol. The van der Waals surface area contributed by atoms with Gasteiger partial charge in [-0.3, -0.25) is 4.79 Å².